The van der Waals surface area contributed by atoms with Crippen molar-refractivity contribution < 1.29 is 88.3 Å². The van der Waals surface area contributed by atoms with Gasteiger partial charge in [-0.3, -0.25) is 35.8 Å². The van der Waals surface area contributed by atoms with Crippen LogP contribution in [-0.2, 0) is 71.2 Å². The minimum absolute atomic E-state index is 0. The average molecular weight is 1930 g/mol. The monoisotopic (exact) mass is 1930 g/mol. The van der Waals surface area contributed by atoms with E-state index >= 15 is 0 Å². The van der Waals surface area contributed by atoms with Gasteiger partial charge in [-0.15, -0.1) is 27.7 Å². The number of halogens is 7. The maximum absolute atomic E-state index is 14.8. The molecule has 4 amide bonds. The van der Waals surface area contributed by atoms with E-state index in [0.29, 0.717) is 89.1 Å². The molecule has 0 saturated carbocycles. The Kier molecular flexibility index (Phi) is 34.3. The molecule has 656 valence electrons. The van der Waals surface area contributed by atoms with Gasteiger partial charge in [-0.05, 0) is 216 Å². The average Bonchev–Trinajstić information content (AvgIpc) is 1.61. The second kappa shape index (κ2) is 44.6. The summed E-state index contributed by atoms with van der Waals surface area (Å²) in [6.45, 7) is 18.9. The highest BCUT2D eigenvalue weighted by atomic mass is 127. The molecule has 9 heterocycles. The van der Waals surface area contributed by atoms with Gasteiger partial charge in [0.15, 0.2) is 0 Å². The Labute approximate surface area is 754 Å². The maximum atomic E-state index is 14.8. The van der Waals surface area contributed by atoms with E-state index in [1.54, 1.807) is 68.9 Å². The molecule has 4 atom stereocenters. The van der Waals surface area contributed by atoms with Crippen LogP contribution in [0.5, 0.6) is 0 Å². The predicted molar refractivity (Wildman–Crippen MR) is 474 cm³/mol. The molecule has 35 nitrogen and oxygen atoms in total. The van der Waals surface area contributed by atoms with Crippen molar-refractivity contribution in [3.8, 4) is 22.3 Å². The third kappa shape index (κ3) is 25.9. The van der Waals surface area contributed by atoms with Gasteiger partial charge in [-0.2, -0.15) is 0 Å². The van der Waals surface area contributed by atoms with Gasteiger partial charge in [-0.1, -0.05) is 82.7 Å². The molecule has 5 N–H and O–H groups in total. The summed E-state index contributed by atoms with van der Waals surface area (Å²) in [5.74, 6) is -1.73. The first-order chi connectivity index (χ1) is 59.8. The number of carbonyl (C=O) groups is 4. The molecule has 6 aliphatic heterocycles. The number of carbonyl (C=O) groups excluding carboxylic acids is 4. The van der Waals surface area contributed by atoms with Crippen molar-refractivity contribution in [1.29, 1.82) is 16.2 Å². The standard InChI is InChI=1S/C19H17BFN6O3.C18H17FN6O2.C17H22B2FN2O5.C11H10BFIN2O3.C8H7BrN4.C6H12BO2.ClH/c21-18-7-15(27-10-16(30-19(27)28)8-20-29-11-22)5-6-17(18)14-3-1-13(2-4-14)9-26-12-23-24-25-26;19-17-7-14(25-10-15(8-20)27-18(25)26)5-6-16(17)13-3-1-12(2-4-13)9-24-11-21-22-23-24;1-16(2)17(3,4)27-19(26-16)13-6-5-11(7-14(13)20)22-9-12(25-15(22)23)8-18-24-10-21;13-9-3-7(1-2-10(9)14)16-5-8(19-11(16)17)4-12-18-6-15;9-8-3-1-7(2-4-8)5-13-6-10-11-12-13;1-5(2)6(3,4)9-7-8-5;/h1-7,11-12,16,22H,8-10H2;1-7,11,15H,8-10,20H2;5-7,10,12,21H,8-9H2,1-4H3;1-3,6,8,15H,4-5H2;1-4,6H,5H2;1-4H3;1H/t16-;15-;12-;8-;;;/m0000.../s1. The van der Waals surface area contributed by atoms with Crippen LogP contribution in [0.2, 0.25) is 19.0 Å². The van der Waals surface area contributed by atoms with Gasteiger partial charge < -0.3 is 57.3 Å². The number of hydrogen-bond donors (Lipinski definition) is 4. The van der Waals surface area contributed by atoms with Gasteiger partial charge in [0, 0.05) is 50.1 Å². The van der Waals surface area contributed by atoms with Crippen LogP contribution >= 0.6 is 50.9 Å². The van der Waals surface area contributed by atoms with Crippen LogP contribution in [-0.4, -0.2) is 221 Å². The largest absolute Gasteiger partial charge is 0.556 e. The first-order valence-electron chi connectivity index (χ1n) is 38.8. The molecule has 3 aromatic heterocycles. The van der Waals surface area contributed by atoms with Crippen molar-refractivity contribution in [2.45, 2.75) is 141 Å². The minimum atomic E-state index is -0.810. The van der Waals surface area contributed by atoms with E-state index in [9.17, 15) is 36.7 Å². The molecule has 16 rings (SSSR count). The number of anilines is 4. The van der Waals surface area contributed by atoms with Crippen molar-refractivity contribution in [2.24, 2.45) is 5.73 Å². The Morgan fingerprint density at radius 3 is 1.10 bits per heavy atom. The van der Waals surface area contributed by atoms with Crippen molar-refractivity contribution >= 4 is 160 Å². The molecular formula is C79H86B5BrClF4IN20O15. The number of amides is 4. The van der Waals surface area contributed by atoms with Gasteiger partial charge in [0.2, 0.25) is 0 Å². The van der Waals surface area contributed by atoms with Crippen molar-refractivity contribution in [2.75, 3.05) is 52.3 Å². The molecule has 0 unspecified atom stereocenters. The first-order valence-corrected chi connectivity index (χ1v) is 40.6. The number of rotatable bonds is 26. The summed E-state index contributed by atoms with van der Waals surface area (Å²) in [4.78, 5) is 53.3. The maximum Gasteiger partial charge on any atom is 0.497 e. The lowest BCUT2D eigenvalue weighted by Crippen LogP contribution is -2.41. The van der Waals surface area contributed by atoms with Crippen LogP contribution < -0.4 is 30.8 Å². The number of nitrogens with two attached hydrogens (primary N) is 1. The lowest BCUT2D eigenvalue weighted by atomic mass is 9.78. The summed E-state index contributed by atoms with van der Waals surface area (Å²) >= 11 is 5.26. The van der Waals surface area contributed by atoms with Crippen LogP contribution in [0.25, 0.3) is 22.3 Å². The summed E-state index contributed by atoms with van der Waals surface area (Å²) in [7, 11) is 4.77. The van der Waals surface area contributed by atoms with E-state index in [1.165, 1.54) is 92.2 Å². The van der Waals surface area contributed by atoms with Crippen LogP contribution in [0.3, 0.4) is 0 Å². The fraction of sp³-hybridized carbons (Fsp3) is 0.342. The molecule has 7 aromatic carbocycles. The Balaban J connectivity index is 0.000000163. The molecule has 4 radical (unpaired) electrons. The van der Waals surface area contributed by atoms with E-state index in [1.807, 2.05) is 151 Å². The molecule has 10 aromatic rings. The lowest BCUT2D eigenvalue weighted by Gasteiger charge is -2.32. The SMILES string of the molecule is Brc1ccc(Cn2cnnn2)cc1.CC1(C)OB(c2ccc(N3C[C@H](C[B]OC=N)OC3=O)cc2F)OC1(C)C.CC1(C)O[B]OC1(C)C.Cl.N=CO[B]C[C@H]1CN(c2ccc(-c3ccc(Cn4cnnn4)cc3)c(F)c2)C(=O)O1.N=CO[B]C[C@H]1CN(c2ccc(I)c(F)c2)C(=O)O1.NC[C@H]1CN(c2ccc(-c3ccc(Cn4cnnn4)cc3)c(F)c2)C(=O)O1. The second-order valence-corrected chi connectivity index (χ2v) is 32.4. The zero-order valence-electron chi connectivity index (χ0n) is 69.3. The number of nitrogens with zero attached hydrogens (tertiary/aromatic N) is 16. The first kappa shape index (κ1) is 96.8. The lowest BCUT2D eigenvalue weighted by molar-refractivity contribution is 0.00578. The van der Waals surface area contributed by atoms with E-state index in [0.717, 1.165) is 45.9 Å². The zero-order valence-corrected chi connectivity index (χ0v) is 73.9. The minimum Gasteiger partial charge on any atom is -0.556 e. The Bertz CT molecular complexity index is 5280. The highest BCUT2D eigenvalue weighted by Crippen LogP contribution is 2.39. The third-order valence-corrected chi connectivity index (χ3v) is 22.1. The molecular weight excluding hydrogens is 1840 g/mol. The number of tetrazole rings is 3. The van der Waals surface area contributed by atoms with Gasteiger partial charge in [0.1, 0.15) is 85.9 Å². The predicted octanol–water partition coefficient (Wildman–Crippen LogP) is 11.9. The van der Waals surface area contributed by atoms with E-state index in [4.69, 9.17) is 68.8 Å². The third-order valence-electron chi connectivity index (χ3n) is 20.7. The van der Waals surface area contributed by atoms with Crippen molar-refractivity contribution in [3.63, 3.8) is 0 Å². The van der Waals surface area contributed by atoms with Crippen molar-refractivity contribution in [1.82, 2.24) is 60.6 Å². The van der Waals surface area contributed by atoms with Crippen LogP contribution in [0.1, 0.15) is 72.1 Å². The van der Waals surface area contributed by atoms with Gasteiger partial charge in [0.05, 0.1) is 91.0 Å². The van der Waals surface area contributed by atoms with Gasteiger partial charge in [0.25, 0.3) is 0 Å². The van der Waals surface area contributed by atoms with Crippen LogP contribution in [0.15, 0.2) is 169 Å². The van der Waals surface area contributed by atoms with E-state index in [2.05, 4.69) is 67.2 Å². The normalized spacial score (nSPS) is 18.2. The summed E-state index contributed by atoms with van der Waals surface area (Å²) < 4.78 is 121. The summed E-state index contributed by atoms with van der Waals surface area (Å²) in [6, 6.07) is 41.4. The van der Waals surface area contributed by atoms with E-state index in [-0.39, 0.29) is 66.7 Å². The summed E-state index contributed by atoms with van der Waals surface area (Å²) in [5, 5.41) is 53.2. The highest BCUT2D eigenvalue weighted by Gasteiger charge is 2.53. The summed E-state index contributed by atoms with van der Waals surface area (Å²) in [6.07, 6.45) is 4.45. The number of aromatic nitrogens is 12. The number of cyclic esters (lactones) is 4. The van der Waals surface area contributed by atoms with E-state index < -0.39 is 72.4 Å². The second-order valence-electron chi connectivity index (χ2n) is 30.3. The van der Waals surface area contributed by atoms with Gasteiger partial charge >= 0.3 is 61.6 Å². The molecule has 126 heavy (non-hydrogen) atoms. The number of benzene rings is 7. The topological polar surface area (TPSA) is 411 Å². The molecule has 6 aliphatic rings. The molecule has 0 spiro atoms. The molecule has 47 heteroatoms. The van der Waals surface area contributed by atoms with Gasteiger partial charge in [-0.25, -0.2) is 50.8 Å². The Morgan fingerprint density at radius 2 is 0.802 bits per heavy atom. The summed E-state index contributed by atoms with van der Waals surface area (Å²) in [5.41, 5.74) is 11.6. The molecule has 0 bridgehead atoms. The van der Waals surface area contributed by atoms with Crippen LogP contribution in [0.4, 0.5) is 59.5 Å². The molecule has 0 aliphatic carbocycles. The fourth-order valence-corrected chi connectivity index (χ4v) is 13.0. The van der Waals surface area contributed by atoms with Crippen molar-refractivity contribution in [3.05, 3.63) is 213 Å². The smallest absolute Gasteiger partial charge is 0.497 e. The molecule has 6 fully saturated rings. The Hall–Kier alpha value is -11.4. The number of ether oxygens (including phenoxy) is 4. The van der Waals surface area contributed by atoms with Crippen LogP contribution in [0, 0.1) is 43.1 Å². The quantitative estimate of drug-likeness (QED) is 0.00744. The number of nitrogens with one attached hydrogen (secondary N) is 3. The highest BCUT2D eigenvalue weighted by molar-refractivity contribution is 14.1. The fourth-order valence-electron chi connectivity index (χ4n) is 12.4. The Morgan fingerprint density at radius 1 is 0.476 bits per heavy atom. The molecule has 6 saturated heterocycles. The number of hydrogen-bond acceptors (Lipinski definition) is 28. The zero-order chi connectivity index (χ0) is 89.6.